The summed E-state index contributed by atoms with van der Waals surface area (Å²) in [7, 11) is 0. The summed E-state index contributed by atoms with van der Waals surface area (Å²) in [6.45, 7) is 2.01. The number of aliphatic hydroxyl groups excluding tert-OH is 2. The van der Waals surface area contributed by atoms with Crippen molar-refractivity contribution in [2.45, 2.75) is 50.6 Å². The van der Waals surface area contributed by atoms with Crippen LogP contribution >= 0.6 is 0 Å². The van der Waals surface area contributed by atoms with Gasteiger partial charge in [0.05, 0.1) is 18.8 Å². The molecule has 0 radical (unpaired) electrons. The Balaban J connectivity index is 2.71. The standard InChI is InChI=1S/C19H28N4O7/c1-10(24)15(20)17(27)21-9-14(26)23-16(11(2)25)18(28)22-13(19(29)30)8-12-6-4-3-5-7-12/h3-7,10-11,13,15-16,24-25H,8-9,20H2,1-2H3,(H,21,27)(H,22,28)(H,23,26)(H,29,30). The molecule has 1 aromatic carbocycles. The number of hydrogen-bond donors (Lipinski definition) is 7. The number of amides is 3. The van der Waals surface area contributed by atoms with Crippen LogP contribution in [0.25, 0.3) is 0 Å². The van der Waals surface area contributed by atoms with Gasteiger partial charge in [-0.1, -0.05) is 30.3 Å². The summed E-state index contributed by atoms with van der Waals surface area (Å²) in [4.78, 5) is 47.7. The van der Waals surface area contributed by atoms with E-state index in [2.05, 4.69) is 16.0 Å². The molecular weight excluding hydrogens is 396 g/mol. The van der Waals surface area contributed by atoms with E-state index in [0.29, 0.717) is 5.56 Å². The fourth-order valence-corrected chi connectivity index (χ4v) is 2.45. The van der Waals surface area contributed by atoms with Crippen molar-refractivity contribution in [3.05, 3.63) is 35.9 Å². The Morgan fingerprint density at radius 1 is 0.967 bits per heavy atom. The number of hydrogen-bond acceptors (Lipinski definition) is 7. The van der Waals surface area contributed by atoms with Gasteiger partial charge in [-0.2, -0.15) is 0 Å². The van der Waals surface area contributed by atoms with Crippen LogP contribution < -0.4 is 21.7 Å². The normalized spacial score (nSPS) is 15.8. The van der Waals surface area contributed by atoms with Crippen LogP contribution in [0.4, 0.5) is 0 Å². The van der Waals surface area contributed by atoms with Crippen LogP contribution in [0.1, 0.15) is 19.4 Å². The predicted molar refractivity (Wildman–Crippen MR) is 106 cm³/mol. The third kappa shape index (κ3) is 8.15. The average Bonchev–Trinajstić information content (AvgIpc) is 2.69. The topological polar surface area (TPSA) is 191 Å². The van der Waals surface area contributed by atoms with Crippen molar-refractivity contribution in [1.82, 2.24) is 16.0 Å². The maximum Gasteiger partial charge on any atom is 0.326 e. The molecule has 1 rings (SSSR count). The SMILES string of the molecule is CC(O)C(N)C(=O)NCC(=O)NC(C(=O)NC(Cc1ccccc1)C(=O)O)C(C)O. The van der Waals surface area contributed by atoms with Crippen LogP contribution in [0, 0.1) is 0 Å². The second-order valence-corrected chi connectivity index (χ2v) is 6.86. The van der Waals surface area contributed by atoms with Crippen LogP contribution in [0.5, 0.6) is 0 Å². The van der Waals surface area contributed by atoms with E-state index in [1.807, 2.05) is 0 Å². The lowest BCUT2D eigenvalue weighted by Gasteiger charge is -2.23. The van der Waals surface area contributed by atoms with E-state index >= 15 is 0 Å². The molecule has 30 heavy (non-hydrogen) atoms. The van der Waals surface area contributed by atoms with Gasteiger partial charge < -0.3 is 37.0 Å². The Labute approximate surface area is 173 Å². The number of carboxylic acid groups (broad SMARTS) is 1. The lowest BCUT2D eigenvalue weighted by Crippen LogP contribution is -2.58. The van der Waals surface area contributed by atoms with E-state index in [9.17, 15) is 34.5 Å². The third-order valence-electron chi connectivity index (χ3n) is 4.22. The average molecular weight is 424 g/mol. The second-order valence-electron chi connectivity index (χ2n) is 6.86. The van der Waals surface area contributed by atoms with Crippen molar-refractivity contribution in [1.29, 1.82) is 0 Å². The Bertz CT molecular complexity index is 740. The first-order valence-corrected chi connectivity index (χ1v) is 9.28. The highest BCUT2D eigenvalue weighted by Crippen LogP contribution is 2.05. The molecule has 0 aromatic heterocycles. The van der Waals surface area contributed by atoms with Gasteiger partial charge in [0.25, 0.3) is 0 Å². The molecule has 166 valence electrons. The molecule has 0 saturated heterocycles. The molecule has 0 aliphatic rings. The fraction of sp³-hybridized carbons (Fsp3) is 0.474. The summed E-state index contributed by atoms with van der Waals surface area (Å²) in [5.41, 5.74) is 6.12. The maximum atomic E-state index is 12.5. The number of carboxylic acids is 1. The molecule has 0 heterocycles. The quantitative estimate of drug-likeness (QED) is 0.202. The molecule has 0 spiro atoms. The molecule has 0 aliphatic carbocycles. The lowest BCUT2D eigenvalue weighted by atomic mass is 10.0. The third-order valence-corrected chi connectivity index (χ3v) is 4.22. The minimum atomic E-state index is -1.45. The van der Waals surface area contributed by atoms with Gasteiger partial charge in [0.1, 0.15) is 18.1 Å². The molecule has 0 saturated carbocycles. The lowest BCUT2D eigenvalue weighted by molar-refractivity contribution is -0.142. The number of rotatable bonds is 11. The number of nitrogens with one attached hydrogen (secondary N) is 3. The number of benzene rings is 1. The predicted octanol–water partition coefficient (Wildman–Crippen LogP) is -2.51. The van der Waals surface area contributed by atoms with Crippen molar-refractivity contribution >= 4 is 23.7 Å². The van der Waals surface area contributed by atoms with Gasteiger partial charge in [-0.05, 0) is 19.4 Å². The van der Waals surface area contributed by atoms with Gasteiger partial charge in [-0.25, -0.2) is 4.79 Å². The van der Waals surface area contributed by atoms with Gasteiger partial charge >= 0.3 is 5.97 Å². The summed E-state index contributed by atoms with van der Waals surface area (Å²) in [5, 5.41) is 35.2. The van der Waals surface area contributed by atoms with Gasteiger partial charge in [0.2, 0.25) is 17.7 Å². The summed E-state index contributed by atoms with van der Waals surface area (Å²) < 4.78 is 0. The van der Waals surface area contributed by atoms with Crippen LogP contribution in [-0.2, 0) is 25.6 Å². The molecule has 3 amide bonds. The molecule has 0 fully saturated rings. The van der Waals surface area contributed by atoms with Crippen LogP contribution in [0.15, 0.2) is 30.3 Å². The molecule has 11 nitrogen and oxygen atoms in total. The fourth-order valence-electron chi connectivity index (χ4n) is 2.45. The molecular formula is C19H28N4O7. The highest BCUT2D eigenvalue weighted by Gasteiger charge is 2.30. The molecule has 1 aromatic rings. The van der Waals surface area contributed by atoms with Gasteiger partial charge in [0, 0.05) is 6.42 Å². The molecule has 5 atom stereocenters. The Kier molecular flexibility index (Phi) is 9.89. The van der Waals surface area contributed by atoms with Crippen LogP contribution in [-0.4, -0.2) is 75.9 Å². The number of carbonyl (C=O) groups is 4. The van der Waals surface area contributed by atoms with Crippen molar-refractivity contribution in [2.24, 2.45) is 5.73 Å². The highest BCUT2D eigenvalue weighted by molar-refractivity contribution is 5.93. The van der Waals surface area contributed by atoms with Crippen molar-refractivity contribution in [2.75, 3.05) is 6.54 Å². The molecule has 11 heteroatoms. The van der Waals surface area contributed by atoms with E-state index in [-0.39, 0.29) is 6.42 Å². The van der Waals surface area contributed by atoms with E-state index in [0.717, 1.165) is 0 Å². The van der Waals surface area contributed by atoms with Gasteiger partial charge in [-0.3, -0.25) is 14.4 Å². The zero-order chi connectivity index (χ0) is 22.8. The minimum Gasteiger partial charge on any atom is -0.480 e. The summed E-state index contributed by atoms with van der Waals surface area (Å²) >= 11 is 0. The Morgan fingerprint density at radius 3 is 2.07 bits per heavy atom. The monoisotopic (exact) mass is 424 g/mol. The Morgan fingerprint density at radius 2 is 1.57 bits per heavy atom. The zero-order valence-electron chi connectivity index (χ0n) is 16.7. The maximum absolute atomic E-state index is 12.5. The first kappa shape index (κ1) is 25.0. The summed E-state index contributed by atoms with van der Waals surface area (Å²) in [6.07, 6.45) is -2.45. The first-order chi connectivity index (χ1) is 14.0. The van der Waals surface area contributed by atoms with E-state index in [1.165, 1.54) is 13.8 Å². The van der Waals surface area contributed by atoms with E-state index in [4.69, 9.17) is 5.73 Å². The molecule has 0 bridgehead atoms. The van der Waals surface area contributed by atoms with Crippen molar-refractivity contribution < 1.29 is 34.5 Å². The number of nitrogens with two attached hydrogens (primary N) is 1. The Hall–Kier alpha value is -3.02. The molecule has 0 aliphatic heterocycles. The first-order valence-electron chi connectivity index (χ1n) is 9.28. The number of aliphatic carboxylic acids is 1. The van der Waals surface area contributed by atoms with Crippen molar-refractivity contribution in [3.63, 3.8) is 0 Å². The van der Waals surface area contributed by atoms with Crippen LogP contribution in [0.3, 0.4) is 0 Å². The van der Waals surface area contributed by atoms with E-state index in [1.54, 1.807) is 30.3 Å². The largest absolute Gasteiger partial charge is 0.480 e. The van der Waals surface area contributed by atoms with Gasteiger partial charge in [0.15, 0.2) is 0 Å². The molecule has 5 unspecified atom stereocenters. The smallest absolute Gasteiger partial charge is 0.326 e. The summed E-state index contributed by atoms with van der Waals surface area (Å²) in [6, 6.07) is 4.68. The number of carbonyl (C=O) groups excluding carboxylic acids is 3. The summed E-state index contributed by atoms with van der Waals surface area (Å²) in [5.74, 6) is -3.75. The molecule has 8 N–H and O–H groups in total. The zero-order valence-corrected chi connectivity index (χ0v) is 16.7. The van der Waals surface area contributed by atoms with Gasteiger partial charge in [-0.15, -0.1) is 0 Å². The minimum absolute atomic E-state index is 0.00960. The number of aliphatic hydroxyl groups is 2. The second kappa shape index (κ2) is 11.9. The van der Waals surface area contributed by atoms with Crippen molar-refractivity contribution in [3.8, 4) is 0 Å². The van der Waals surface area contributed by atoms with E-state index < -0.39 is 60.6 Å². The van der Waals surface area contributed by atoms with Crippen LogP contribution in [0.2, 0.25) is 0 Å². The highest BCUT2D eigenvalue weighted by atomic mass is 16.4.